The van der Waals surface area contributed by atoms with E-state index in [2.05, 4.69) is 31.2 Å². The third-order valence-electron chi connectivity index (χ3n) is 2.98. The van der Waals surface area contributed by atoms with Crippen molar-refractivity contribution in [1.82, 2.24) is 0 Å². The number of nitrogens with two attached hydrogens (primary N) is 1. The molecule has 0 atom stereocenters. The molecule has 86 valence electrons. The molecule has 0 spiro atoms. The van der Waals surface area contributed by atoms with Gasteiger partial charge >= 0.3 is 0 Å². The molecule has 2 heteroatoms. The van der Waals surface area contributed by atoms with Crippen LogP contribution in [-0.4, -0.2) is 13.2 Å². The molecule has 0 fully saturated rings. The van der Waals surface area contributed by atoms with E-state index in [4.69, 9.17) is 10.5 Å². The number of aryl methyl sites for hydroxylation is 1. The second kappa shape index (κ2) is 5.17. The number of para-hydroxylation sites is 1. The summed E-state index contributed by atoms with van der Waals surface area (Å²) in [5.74, 6) is 1.08. The zero-order chi connectivity index (χ0) is 11.4. The molecule has 0 radical (unpaired) electrons. The molecular weight excluding hydrogens is 198 g/mol. The lowest BCUT2D eigenvalue weighted by Gasteiger charge is -2.20. The van der Waals surface area contributed by atoms with Crippen molar-refractivity contribution in [3.05, 3.63) is 35.4 Å². The van der Waals surface area contributed by atoms with Crippen LogP contribution >= 0.6 is 0 Å². The van der Waals surface area contributed by atoms with Crippen LogP contribution in [0.3, 0.4) is 0 Å². The van der Waals surface area contributed by atoms with E-state index < -0.39 is 0 Å². The van der Waals surface area contributed by atoms with E-state index in [0.29, 0.717) is 6.54 Å². The molecule has 0 aromatic heterocycles. The predicted molar refractivity (Wildman–Crippen MR) is 67.6 cm³/mol. The Balaban J connectivity index is 2.33. The summed E-state index contributed by atoms with van der Waals surface area (Å²) in [7, 11) is 0. The van der Waals surface area contributed by atoms with E-state index in [1.165, 1.54) is 16.7 Å². The third-order valence-corrected chi connectivity index (χ3v) is 2.98. The SMILES string of the molecule is C/C(=C/CCN)c1cccc2c1OCCC2. The zero-order valence-electron chi connectivity index (χ0n) is 9.83. The first-order valence-electron chi connectivity index (χ1n) is 5.95. The van der Waals surface area contributed by atoms with E-state index in [0.717, 1.165) is 31.6 Å². The Kier molecular flexibility index (Phi) is 3.62. The molecule has 0 saturated heterocycles. The molecule has 1 aromatic carbocycles. The summed E-state index contributed by atoms with van der Waals surface area (Å²) in [6.45, 7) is 3.67. The standard InChI is InChI=1S/C14H19NO/c1-11(5-3-9-15)13-8-2-6-12-7-4-10-16-14(12)13/h2,5-6,8H,3-4,7,9-10,15H2,1H3/b11-5-. The summed E-state index contributed by atoms with van der Waals surface area (Å²) in [6.07, 6.45) is 5.37. The highest BCUT2D eigenvalue weighted by atomic mass is 16.5. The van der Waals surface area contributed by atoms with E-state index in [9.17, 15) is 0 Å². The van der Waals surface area contributed by atoms with Gasteiger partial charge in [0, 0.05) is 5.56 Å². The van der Waals surface area contributed by atoms with Gasteiger partial charge in [0.25, 0.3) is 0 Å². The molecule has 0 aliphatic carbocycles. The first kappa shape index (κ1) is 11.2. The number of ether oxygens (including phenoxy) is 1. The Morgan fingerprint density at radius 3 is 3.19 bits per heavy atom. The average Bonchev–Trinajstić information content (AvgIpc) is 2.35. The summed E-state index contributed by atoms with van der Waals surface area (Å²) >= 11 is 0. The van der Waals surface area contributed by atoms with Gasteiger partial charge in [0.05, 0.1) is 6.61 Å². The van der Waals surface area contributed by atoms with Crippen molar-refractivity contribution < 1.29 is 4.74 Å². The first-order valence-corrected chi connectivity index (χ1v) is 5.95. The van der Waals surface area contributed by atoms with E-state index in [1.807, 2.05) is 0 Å². The third kappa shape index (κ3) is 2.27. The fourth-order valence-corrected chi connectivity index (χ4v) is 2.11. The molecular formula is C14H19NO. The van der Waals surface area contributed by atoms with Crippen LogP contribution in [-0.2, 0) is 6.42 Å². The number of rotatable bonds is 3. The predicted octanol–water partition coefficient (Wildman–Crippen LogP) is 2.76. The van der Waals surface area contributed by atoms with Crippen molar-refractivity contribution in [3.8, 4) is 5.75 Å². The lowest BCUT2D eigenvalue weighted by molar-refractivity contribution is 0.287. The van der Waals surface area contributed by atoms with Gasteiger partial charge in [-0.15, -0.1) is 0 Å². The lowest BCUT2D eigenvalue weighted by Crippen LogP contribution is -2.09. The first-order chi connectivity index (χ1) is 7.83. The minimum absolute atomic E-state index is 0.702. The number of allylic oxidation sites excluding steroid dienone is 1. The normalized spacial score (nSPS) is 15.5. The monoisotopic (exact) mass is 217 g/mol. The second-order valence-corrected chi connectivity index (χ2v) is 4.21. The maximum absolute atomic E-state index is 5.78. The van der Waals surface area contributed by atoms with Gasteiger partial charge in [0.1, 0.15) is 5.75 Å². The molecule has 2 nitrogen and oxygen atoms in total. The molecule has 1 aliphatic rings. The maximum Gasteiger partial charge on any atom is 0.129 e. The van der Waals surface area contributed by atoms with Gasteiger partial charge in [0.2, 0.25) is 0 Å². The fraction of sp³-hybridized carbons (Fsp3) is 0.429. The molecule has 0 amide bonds. The van der Waals surface area contributed by atoms with Crippen LogP contribution < -0.4 is 10.5 Å². The number of hydrogen-bond donors (Lipinski definition) is 1. The van der Waals surface area contributed by atoms with Gasteiger partial charge in [0.15, 0.2) is 0 Å². The van der Waals surface area contributed by atoms with E-state index in [-0.39, 0.29) is 0 Å². The minimum atomic E-state index is 0.702. The molecule has 2 rings (SSSR count). The largest absolute Gasteiger partial charge is 0.493 e. The summed E-state index contributed by atoms with van der Waals surface area (Å²) in [5, 5.41) is 0. The minimum Gasteiger partial charge on any atom is -0.493 e. The van der Waals surface area contributed by atoms with Crippen LogP contribution in [0, 0.1) is 0 Å². The molecule has 0 bridgehead atoms. The Labute approximate surface area is 97.1 Å². The van der Waals surface area contributed by atoms with Gasteiger partial charge in [-0.25, -0.2) is 0 Å². The van der Waals surface area contributed by atoms with Gasteiger partial charge < -0.3 is 10.5 Å². The van der Waals surface area contributed by atoms with Crippen molar-refractivity contribution in [2.45, 2.75) is 26.2 Å². The smallest absolute Gasteiger partial charge is 0.129 e. The summed E-state index contributed by atoms with van der Waals surface area (Å²) in [4.78, 5) is 0. The van der Waals surface area contributed by atoms with Gasteiger partial charge in [-0.3, -0.25) is 0 Å². The van der Waals surface area contributed by atoms with Crippen LogP contribution in [0.5, 0.6) is 5.75 Å². The Bertz CT molecular complexity index is 396. The number of benzene rings is 1. The Morgan fingerprint density at radius 2 is 2.38 bits per heavy atom. The second-order valence-electron chi connectivity index (χ2n) is 4.21. The number of fused-ring (bicyclic) bond motifs is 1. The summed E-state index contributed by atoms with van der Waals surface area (Å²) in [6, 6.07) is 6.41. The van der Waals surface area contributed by atoms with E-state index in [1.54, 1.807) is 0 Å². The van der Waals surface area contributed by atoms with Crippen LogP contribution in [0.4, 0.5) is 0 Å². The fourth-order valence-electron chi connectivity index (χ4n) is 2.11. The molecule has 0 saturated carbocycles. The van der Waals surface area contributed by atoms with Crippen molar-refractivity contribution in [1.29, 1.82) is 0 Å². The van der Waals surface area contributed by atoms with Crippen LogP contribution in [0.25, 0.3) is 5.57 Å². The van der Waals surface area contributed by atoms with Crippen molar-refractivity contribution in [2.75, 3.05) is 13.2 Å². The quantitative estimate of drug-likeness (QED) is 0.845. The summed E-state index contributed by atoms with van der Waals surface area (Å²) in [5.41, 5.74) is 9.35. The molecule has 1 aromatic rings. The van der Waals surface area contributed by atoms with Crippen molar-refractivity contribution in [2.24, 2.45) is 5.73 Å². The van der Waals surface area contributed by atoms with Crippen LogP contribution in [0.2, 0.25) is 0 Å². The highest BCUT2D eigenvalue weighted by molar-refractivity contribution is 5.70. The zero-order valence-corrected chi connectivity index (χ0v) is 9.83. The Hall–Kier alpha value is -1.28. The average molecular weight is 217 g/mol. The summed E-state index contributed by atoms with van der Waals surface area (Å²) < 4.78 is 5.78. The van der Waals surface area contributed by atoms with Gasteiger partial charge in [-0.2, -0.15) is 0 Å². The molecule has 0 unspecified atom stereocenters. The Morgan fingerprint density at radius 1 is 1.50 bits per heavy atom. The van der Waals surface area contributed by atoms with Crippen LogP contribution in [0.1, 0.15) is 30.9 Å². The highest BCUT2D eigenvalue weighted by Gasteiger charge is 2.14. The maximum atomic E-state index is 5.78. The van der Waals surface area contributed by atoms with Crippen molar-refractivity contribution in [3.63, 3.8) is 0 Å². The molecule has 1 heterocycles. The van der Waals surface area contributed by atoms with Crippen LogP contribution in [0.15, 0.2) is 24.3 Å². The lowest BCUT2D eigenvalue weighted by atomic mass is 9.98. The number of hydrogen-bond acceptors (Lipinski definition) is 2. The molecule has 2 N–H and O–H groups in total. The van der Waals surface area contributed by atoms with Crippen molar-refractivity contribution >= 4 is 5.57 Å². The topological polar surface area (TPSA) is 35.2 Å². The molecule has 1 aliphatic heterocycles. The highest BCUT2D eigenvalue weighted by Crippen LogP contribution is 2.33. The van der Waals surface area contributed by atoms with E-state index >= 15 is 0 Å². The van der Waals surface area contributed by atoms with Gasteiger partial charge in [-0.1, -0.05) is 24.3 Å². The molecule has 16 heavy (non-hydrogen) atoms. The van der Waals surface area contributed by atoms with Gasteiger partial charge in [-0.05, 0) is 43.9 Å².